The summed E-state index contributed by atoms with van der Waals surface area (Å²) in [5, 5.41) is 31.3. The minimum Gasteiger partial charge on any atom is -0.481 e. The number of aliphatic carboxylic acids is 2. The van der Waals surface area contributed by atoms with Gasteiger partial charge >= 0.3 is 11.9 Å². The van der Waals surface area contributed by atoms with Crippen LogP contribution in [-0.4, -0.2) is 137 Å². The molecule has 0 unspecified atom stereocenters. The van der Waals surface area contributed by atoms with Gasteiger partial charge < -0.3 is 55.7 Å². The Kier molecular flexibility index (Phi) is 37.3. The summed E-state index contributed by atoms with van der Waals surface area (Å²) in [5.74, 6) is -3.27. The van der Waals surface area contributed by atoms with Gasteiger partial charge in [0.05, 0.1) is 39.6 Å². The summed E-state index contributed by atoms with van der Waals surface area (Å²) < 4.78 is 21.2. The summed E-state index contributed by atoms with van der Waals surface area (Å²) in [7, 11) is 0. The predicted octanol–water partition coefficient (Wildman–Crippen LogP) is 2.60. The van der Waals surface area contributed by atoms with Crippen molar-refractivity contribution in [3.05, 3.63) is 0 Å². The van der Waals surface area contributed by atoms with E-state index in [9.17, 15) is 38.7 Å². The van der Waals surface area contributed by atoms with Gasteiger partial charge in [-0.25, -0.2) is 4.79 Å². The minimum atomic E-state index is -1.18. The molecule has 0 radical (unpaired) electrons. The number of carboxylic acids is 2. The predicted molar refractivity (Wildman–Crippen MR) is 216 cm³/mol. The van der Waals surface area contributed by atoms with E-state index < -0.39 is 18.0 Å². The average Bonchev–Trinajstić information content (AvgIpc) is 3.17. The van der Waals surface area contributed by atoms with Crippen LogP contribution in [-0.2, 0) is 52.5 Å². The van der Waals surface area contributed by atoms with Crippen LogP contribution in [0.5, 0.6) is 0 Å². The molecule has 0 aliphatic heterocycles. The Bertz CT molecular complexity index is 1130. The second-order valence-electron chi connectivity index (χ2n) is 14.1. The minimum absolute atomic E-state index is 0.0261. The van der Waals surface area contributed by atoms with Gasteiger partial charge in [-0.3, -0.25) is 28.8 Å². The Morgan fingerprint density at radius 3 is 1.31 bits per heavy atom. The zero-order chi connectivity index (χ0) is 42.9. The van der Waals surface area contributed by atoms with Crippen molar-refractivity contribution in [1.29, 1.82) is 0 Å². The molecule has 1 atom stereocenters. The molecule has 0 rings (SSSR count). The summed E-state index contributed by atoms with van der Waals surface area (Å²) in [6, 6.07) is -1.14. The third-order valence-electron chi connectivity index (χ3n) is 8.74. The number of amides is 5. The van der Waals surface area contributed by atoms with Crippen LogP contribution in [0.2, 0.25) is 0 Å². The van der Waals surface area contributed by atoms with E-state index in [-0.39, 0.29) is 121 Å². The molecule has 0 spiro atoms. The lowest BCUT2D eigenvalue weighted by Gasteiger charge is -2.14. The highest BCUT2D eigenvalue weighted by Crippen LogP contribution is 2.14. The Hall–Kier alpha value is -3.87. The molecule has 0 saturated carbocycles. The highest BCUT2D eigenvalue weighted by atomic mass is 16.5. The van der Waals surface area contributed by atoms with Crippen molar-refractivity contribution in [2.45, 2.75) is 135 Å². The Morgan fingerprint density at radius 2 is 0.845 bits per heavy atom. The number of carbonyl (C=O) groups is 7. The Labute approximate surface area is 344 Å². The van der Waals surface area contributed by atoms with Crippen molar-refractivity contribution in [2.75, 3.05) is 79.0 Å². The molecule has 0 saturated heterocycles. The lowest BCUT2D eigenvalue weighted by atomic mass is 10.0. The number of hydrogen-bond acceptors (Lipinski definition) is 11. The van der Waals surface area contributed by atoms with Crippen molar-refractivity contribution in [3.63, 3.8) is 0 Å². The third kappa shape index (κ3) is 40.3. The quantitative estimate of drug-likeness (QED) is 0.0437. The smallest absolute Gasteiger partial charge is 0.326 e. The molecule has 0 aliphatic rings. The molecule has 58 heavy (non-hydrogen) atoms. The molecule has 0 aromatic carbocycles. The van der Waals surface area contributed by atoms with Gasteiger partial charge in [-0.1, -0.05) is 77.0 Å². The van der Waals surface area contributed by atoms with E-state index in [1.165, 1.54) is 51.9 Å². The summed E-state index contributed by atoms with van der Waals surface area (Å²) in [4.78, 5) is 80.9. The standard InChI is InChI=1S/C40H73N5O13/c1-33(46)41-21-16-22-42-37(49)31-57-29-28-56-26-24-44-38(50)32-58-30-27-55-25-23-43-35(47)20-19-34(40(53)54)45-36(48)17-14-12-10-8-6-4-2-3-5-7-9-11-13-15-18-39(51)52/h34H,2-32H2,1H3,(H,41,46)(H,42,49)(H,43,47)(H,44,50)(H,45,48)(H,51,52)(H,53,54)/t34-/m0/s1. The molecular weight excluding hydrogens is 758 g/mol. The first kappa shape index (κ1) is 54.1. The molecule has 18 nitrogen and oxygen atoms in total. The van der Waals surface area contributed by atoms with Crippen molar-refractivity contribution in [1.82, 2.24) is 26.6 Å². The molecular formula is C40H73N5O13. The Balaban J connectivity index is 3.64. The number of hydrogen-bond donors (Lipinski definition) is 7. The van der Waals surface area contributed by atoms with Gasteiger partial charge in [0.25, 0.3) is 0 Å². The topological polar surface area (TPSA) is 257 Å². The van der Waals surface area contributed by atoms with Crippen molar-refractivity contribution < 1.29 is 62.7 Å². The molecule has 18 heteroatoms. The fourth-order valence-electron chi connectivity index (χ4n) is 5.55. The van der Waals surface area contributed by atoms with E-state index in [2.05, 4.69) is 26.6 Å². The zero-order valence-electron chi connectivity index (χ0n) is 34.9. The molecule has 5 amide bonds. The van der Waals surface area contributed by atoms with Crippen LogP contribution in [0.3, 0.4) is 0 Å². The number of ether oxygens (including phenoxy) is 4. The van der Waals surface area contributed by atoms with Gasteiger partial charge in [-0.15, -0.1) is 0 Å². The molecule has 7 N–H and O–H groups in total. The van der Waals surface area contributed by atoms with Gasteiger partial charge in [-0.2, -0.15) is 0 Å². The number of carbonyl (C=O) groups excluding carboxylic acids is 5. The summed E-state index contributed by atoms with van der Waals surface area (Å²) in [6.45, 7) is 3.90. The highest BCUT2D eigenvalue weighted by molar-refractivity contribution is 5.84. The van der Waals surface area contributed by atoms with Gasteiger partial charge in [0.15, 0.2) is 0 Å². The fraction of sp³-hybridized carbons (Fsp3) is 0.825. The van der Waals surface area contributed by atoms with Crippen molar-refractivity contribution in [2.24, 2.45) is 0 Å². The van der Waals surface area contributed by atoms with Crippen LogP contribution in [0.4, 0.5) is 0 Å². The monoisotopic (exact) mass is 832 g/mol. The van der Waals surface area contributed by atoms with Gasteiger partial charge in [-0.05, 0) is 25.7 Å². The van der Waals surface area contributed by atoms with E-state index in [1.807, 2.05) is 0 Å². The maximum Gasteiger partial charge on any atom is 0.326 e. The third-order valence-corrected chi connectivity index (χ3v) is 8.74. The second kappa shape index (κ2) is 39.9. The second-order valence-corrected chi connectivity index (χ2v) is 14.1. The first-order valence-electron chi connectivity index (χ1n) is 21.1. The van der Waals surface area contributed by atoms with Crippen LogP contribution in [0.1, 0.15) is 129 Å². The molecule has 0 aromatic heterocycles. The number of carboxylic acid groups (broad SMARTS) is 2. The number of unbranched alkanes of at least 4 members (excludes halogenated alkanes) is 13. The van der Waals surface area contributed by atoms with Crippen LogP contribution in [0, 0.1) is 0 Å². The highest BCUT2D eigenvalue weighted by Gasteiger charge is 2.20. The Morgan fingerprint density at radius 1 is 0.431 bits per heavy atom. The molecule has 0 fully saturated rings. The molecule has 0 aliphatic carbocycles. The summed E-state index contributed by atoms with van der Waals surface area (Å²) in [6.07, 6.45) is 16.1. The lowest BCUT2D eigenvalue weighted by molar-refractivity contribution is -0.142. The molecule has 0 heterocycles. The van der Waals surface area contributed by atoms with Crippen LogP contribution in [0.25, 0.3) is 0 Å². The number of nitrogens with one attached hydrogen (secondary N) is 5. The van der Waals surface area contributed by atoms with Gasteiger partial charge in [0.1, 0.15) is 19.3 Å². The van der Waals surface area contributed by atoms with E-state index in [0.717, 1.165) is 38.5 Å². The van der Waals surface area contributed by atoms with Gasteiger partial charge in [0, 0.05) is 52.4 Å². The van der Waals surface area contributed by atoms with Crippen LogP contribution in [0.15, 0.2) is 0 Å². The van der Waals surface area contributed by atoms with Crippen LogP contribution >= 0.6 is 0 Å². The largest absolute Gasteiger partial charge is 0.481 e. The maximum absolute atomic E-state index is 12.3. The van der Waals surface area contributed by atoms with E-state index in [4.69, 9.17) is 24.1 Å². The normalized spacial score (nSPS) is 11.4. The van der Waals surface area contributed by atoms with Crippen molar-refractivity contribution in [3.8, 4) is 0 Å². The maximum atomic E-state index is 12.3. The lowest BCUT2D eigenvalue weighted by Crippen LogP contribution is -2.41. The fourth-order valence-corrected chi connectivity index (χ4v) is 5.55. The molecule has 0 aromatic rings. The number of rotatable bonds is 42. The van der Waals surface area contributed by atoms with E-state index >= 15 is 0 Å². The van der Waals surface area contributed by atoms with E-state index in [0.29, 0.717) is 25.9 Å². The molecule has 0 bridgehead atoms. The SMILES string of the molecule is CC(=O)NCCCNC(=O)COCCOCCNC(=O)COCCOCCNC(=O)CC[C@H](NC(=O)CCCCCCCCCCCCCCCCC(=O)O)C(=O)O. The van der Waals surface area contributed by atoms with Gasteiger partial charge in [0.2, 0.25) is 29.5 Å². The average molecular weight is 832 g/mol. The molecule has 336 valence electrons. The van der Waals surface area contributed by atoms with Crippen molar-refractivity contribution >= 4 is 41.5 Å². The van der Waals surface area contributed by atoms with E-state index in [1.54, 1.807) is 0 Å². The zero-order valence-corrected chi connectivity index (χ0v) is 34.9. The summed E-state index contributed by atoms with van der Waals surface area (Å²) >= 11 is 0. The summed E-state index contributed by atoms with van der Waals surface area (Å²) in [5.41, 5.74) is 0. The first-order valence-corrected chi connectivity index (χ1v) is 21.1. The first-order chi connectivity index (χ1) is 28.0. The van der Waals surface area contributed by atoms with Crippen LogP contribution < -0.4 is 26.6 Å².